The first-order chi connectivity index (χ1) is 9.90. The molecule has 2 aliphatic heterocycles. The average Bonchev–Trinajstić information content (AvgIpc) is 2.74. The number of likely N-dealkylation sites (tertiary alicyclic amines) is 2. The zero-order valence-electron chi connectivity index (χ0n) is 12.6. The molecule has 0 radical (unpaired) electrons. The predicted molar refractivity (Wildman–Crippen MR) is 84.7 cm³/mol. The van der Waals surface area contributed by atoms with E-state index in [0.717, 1.165) is 12.5 Å². The van der Waals surface area contributed by atoms with Gasteiger partial charge in [0.15, 0.2) is 0 Å². The van der Waals surface area contributed by atoms with Gasteiger partial charge in [0.05, 0.1) is 0 Å². The molecule has 0 amide bonds. The van der Waals surface area contributed by atoms with Crippen LogP contribution in [0.2, 0.25) is 0 Å². The minimum atomic E-state index is 0.900. The lowest BCUT2D eigenvalue weighted by Gasteiger charge is -2.24. The first kappa shape index (κ1) is 14.1. The zero-order valence-corrected chi connectivity index (χ0v) is 12.6. The molecule has 2 heteroatoms. The van der Waals surface area contributed by atoms with Crippen molar-refractivity contribution in [2.45, 2.75) is 38.6 Å². The van der Waals surface area contributed by atoms with E-state index in [4.69, 9.17) is 0 Å². The van der Waals surface area contributed by atoms with Gasteiger partial charge >= 0.3 is 0 Å². The molecule has 110 valence electrons. The third-order valence-electron chi connectivity index (χ3n) is 4.83. The van der Waals surface area contributed by atoms with Gasteiger partial charge in [0.2, 0.25) is 0 Å². The summed E-state index contributed by atoms with van der Waals surface area (Å²) in [5.41, 5.74) is 1.46. The SMILES string of the molecule is c1ccc(CN2CC[C@@H](CN3CCCCCC3)C2)cc1. The van der Waals surface area contributed by atoms with Crippen molar-refractivity contribution < 1.29 is 0 Å². The van der Waals surface area contributed by atoms with Crippen LogP contribution in [-0.4, -0.2) is 42.5 Å². The molecule has 3 rings (SSSR count). The molecule has 0 unspecified atom stereocenters. The molecule has 20 heavy (non-hydrogen) atoms. The van der Waals surface area contributed by atoms with E-state index in [1.165, 1.54) is 70.4 Å². The Balaban J connectivity index is 1.44. The maximum absolute atomic E-state index is 2.73. The summed E-state index contributed by atoms with van der Waals surface area (Å²) in [6, 6.07) is 10.9. The Labute approximate surface area is 123 Å². The molecule has 2 nitrogen and oxygen atoms in total. The van der Waals surface area contributed by atoms with Crippen molar-refractivity contribution in [2.75, 3.05) is 32.7 Å². The quantitative estimate of drug-likeness (QED) is 0.829. The van der Waals surface area contributed by atoms with Crippen LogP contribution in [0.5, 0.6) is 0 Å². The Morgan fingerprint density at radius 2 is 1.60 bits per heavy atom. The minimum Gasteiger partial charge on any atom is -0.303 e. The Morgan fingerprint density at radius 1 is 0.850 bits per heavy atom. The summed E-state index contributed by atoms with van der Waals surface area (Å²) in [5.74, 6) is 0.900. The van der Waals surface area contributed by atoms with Crippen molar-refractivity contribution in [3.63, 3.8) is 0 Å². The molecule has 0 aliphatic carbocycles. The highest BCUT2D eigenvalue weighted by atomic mass is 15.2. The van der Waals surface area contributed by atoms with Crippen molar-refractivity contribution in [3.8, 4) is 0 Å². The second-order valence-electron chi connectivity index (χ2n) is 6.59. The lowest BCUT2D eigenvalue weighted by molar-refractivity contribution is 0.231. The minimum absolute atomic E-state index is 0.900. The molecule has 1 aromatic rings. The second-order valence-corrected chi connectivity index (χ2v) is 6.59. The van der Waals surface area contributed by atoms with Gasteiger partial charge in [-0.3, -0.25) is 4.90 Å². The average molecular weight is 272 g/mol. The Morgan fingerprint density at radius 3 is 2.35 bits per heavy atom. The van der Waals surface area contributed by atoms with Crippen LogP contribution in [0.3, 0.4) is 0 Å². The fraction of sp³-hybridized carbons (Fsp3) is 0.667. The Bertz CT molecular complexity index is 382. The van der Waals surface area contributed by atoms with E-state index in [-0.39, 0.29) is 0 Å². The highest BCUT2D eigenvalue weighted by Crippen LogP contribution is 2.21. The van der Waals surface area contributed by atoms with E-state index in [9.17, 15) is 0 Å². The van der Waals surface area contributed by atoms with Crippen molar-refractivity contribution in [1.29, 1.82) is 0 Å². The van der Waals surface area contributed by atoms with Gasteiger partial charge in [-0.2, -0.15) is 0 Å². The number of hydrogen-bond acceptors (Lipinski definition) is 2. The summed E-state index contributed by atoms with van der Waals surface area (Å²) in [6.45, 7) is 7.74. The molecule has 0 N–H and O–H groups in total. The monoisotopic (exact) mass is 272 g/mol. The van der Waals surface area contributed by atoms with Crippen molar-refractivity contribution in [3.05, 3.63) is 35.9 Å². The maximum atomic E-state index is 2.73. The fourth-order valence-electron chi connectivity index (χ4n) is 3.73. The molecule has 2 saturated heterocycles. The molecule has 0 spiro atoms. The summed E-state index contributed by atoms with van der Waals surface area (Å²) in [7, 11) is 0. The Hall–Kier alpha value is -0.860. The molecule has 0 bridgehead atoms. The Kier molecular flexibility index (Phi) is 5.10. The van der Waals surface area contributed by atoms with E-state index >= 15 is 0 Å². The van der Waals surface area contributed by atoms with Crippen LogP contribution in [0.15, 0.2) is 30.3 Å². The van der Waals surface area contributed by atoms with Crippen molar-refractivity contribution >= 4 is 0 Å². The number of benzene rings is 1. The van der Waals surface area contributed by atoms with E-state index in [0.29, 0.717) is 0 Å². The summed E-state index contributed by atoms with van der Waals surface area (Å²) in [6.07, 6.45) is 7.12. The molecule has 1 atom stereocenters. The van der Waals surface area contributed by atoms with E-state index < -0.39 is 0 Å². The smallest absolute Gasteiger partial charge is 0.0233 e. The topological polar surface area (TPSA) is 6.48 Å². The molecular weight excluding hydrogens is 244 g/mol. The number of rotatable bonds is 4. The molecule has 2 aliphatic rings. The normalized spacial score (nSPS) is 25.7. The number of nitrogens with zero attached hydrogens (tertiary/aromatic N) is 2. The van der Waals surface area contributed by atoms with Crippen LogP contribution in [0.25, 0.3) is 0 Å². The molecule has 0 aromatic heterocycles. The first-order valence-corrected chi connectivity index (χ1v) is 8.39. The van der Waals surface area contributed by atoms with Crippen molar-refractivity contribution in [2.24, 2.45) is 5.92 Å². The number of hydrogen-bond donors (Lipinski definition) is 0. The molecule has 2 fully saturated rings. The molecular formula is C18H28N2. The van der Waals surface area contributed by atoms with Gasteiger partial charge in [-0.15, -0.1) is 0 Å². The van der Waals surface area contributed by atoms with Gasteiger partial charge in [-0.25, -0.2) is 0 Å². The molecule has 1 aromatic carbocycles. The first-order valence-electron chi connectivity index (χ1n) is 8.39. The van der Waals surface area contributed by atoms with Gasteiger partial charge in [-0.1, -0.05) is 43.2 Å². The molecule has 2 heterocycles. The van der Waals surface area contributed by atoms with Gasteiger partial charge in [0.25, 0.3) is 0 Å². The summed E-state index contributed by atoms with van der Waals surface area (Å²) in [4.78, 5) is 5.36. The third-order valence-corrected chi connectivity index (χ3v) is 4.83. The van der Waals surface area contributed by atoms with Crippen molar-refractivity contribution in [1.82, 2.24) is 9.80 Å². The second kappa shape index (κ2) is 7.24. The van der Waals surface area contributed by atoms with Crippen LogP contribution >= 0.6 is 0 Å². The van der Waals surface area contributed by atoms with Crippen LogP contribution in [0, 0.1) is 5.92 Å². The highest BCUT2D eigenvalue weighted by Gasteiger charge is 2.24. The lowest BCUT2D eigenvalue weighted by atomic mass is 10.1. The summed E-state index contributed by atoms with van der Waals surface area (Å²) >= 11 is 0. The van der Waals surface area contributed by atoms with Gasteiger partial charge in [-0.05, 0) is 50.4 Å². The third kappa shape index (κ3) is 4.07. The van der Waals surface area contributed by atoms with Crippen LogP contribution < -0.4 is 0 Å². The highest BCUT2D eigenvalue weighted by molar-refractivity contribution is 5.14. The predicted octanol–water partition coefficient (Wildman–Crippen LogP) is 3.38. The van der Waals surface area contributed by atoms with E-state index in [2.05, 4.69) is 40.1 Å². The lowest BCUT2D eigenvalue weighted by Crippen LogP contribution is -2.32. The maximum Gasteiger partial charge on any atom is 0.0233 e. The van der Waals surface area contributed by atoms with Gasteiger partial charge in [0, 0.05) is 19.6 Å². The van der Waals surface area contributed by atoms with Crippen LogP contribution in [0.1, 0.15) is 37.7 Å². The summed E-state index contributed by atoms with van der Waals surface area (Å²) in [5, 5.41) is 0. The van der Waals surface area contributed by atoms with Crippen LogP contribution in [0.4, 0.5) is 0 Å². The zero-order chi connectivity index (χ0) is 13.6. The standard InChI is InChI=1S/C18H28N2/c1-2-7-12-19(11-6-1)15-18-10-13-20(16-18)14-17-8-4-3-5-9-17/h3-5,8-9,18H,1-2,6-7,10-16H2/t18-/m0/s1. The molecule has 0 saturated carbocycles. The van der Waals surface area contributed by atoms with E-state index in [1.54, 1.807) is 0 Å². The van der Waals surface area contributed by atoms with E-state index in [1.807, 2.05) is 0 Å². The van der Waals surface area contributed by atoms with Gasteiger partial charge < -0.3 is 4.90 Å². The van der Waals surface area contributed by atoms with Crippen LogP contribution in [-0.2, 0) is 6.54 Å². The summed E-state index contributed by atoms with van der Waals surface area (Å²) < 4.78 is 0. The fourth-order valence-corrected chi connectivity index (χ4v) is 3.73. The van der Waals surface area contributed by atoms with Gasteiger partial charge in [0.1, 0.15) is 0 Å². The largest absolute Gasteiger partial charge is 0.303 e.